The molecule has 2 nitrogen and oxygen atoms in total. The van der Waals surface area contributed by atoms with Crippen molar-refractivity contribution >= 4 is 8.07 Å². The summed E-state index contributed by atoms with van der Waals surface area (Å²) < 4.78 is 11.3. The third-order valence-corrected chi connectivity index (χ3v) is 6.36. The van der Waals surface area contributed by atoms with Gasteiger partial charge in [0.05, 0.1) is 14.7 Å². The molecule has 1 aliphatic heterocycles. The van der Waals surface area contributed by atoms with Crippen LogP contribution in [0.4, 0.5) is 0 Å². The zero-order chi connectivity index (χ0) is 12.9. The van der Waals surface area contributed by atoms with Crippen molar-refractivity contribution in [2.75, 3.05) is 13.2 Å². The van der Waals surface area contributed by atoms with Crippen molar-refractivity contribution in [1.29, 1.82) is 0 Å². The first kappa shape index (κ1) is 14.9. The Balaban J connectivity index is 2.30. The van der Waals surface area contributed by atoms with Crippen LogP contribution in [0.2, 0.25) is 19.6 Å². The minimum absolute atomic E-state index is 0.0590. The predicted molar refractivity (Wildman–Crippen MR) is 75.9 cm³/mol. The molecule has 0 saturated carbocycles. The third-order valence-electron chi connectivity index (χ3n) is 3.68. The zero-order valence-corrected chi connectivity index (χ0v) is 13.1. The second-order valence-electron chi connectivity index (χ2n) is 6.07. The van der Waals surface area contributed by atoms with Crippen LogP contribution >= 0.6 is 0 Å². The maximum absolute atomic E-state index is 5.78. The van der Waals surface area contributed by atoms with Crippen LogP contribution in [0, 0.1) is 0 Å². The van der Waals surface area contributed by atoms with Gasteiger partial charge in [0.25, 0.3) is 0 Å². The molecule has 1 aliphatic rings. The first-order chi connectivity index (χ1) is 7.91. The SMILES string of the molecule is C/C(CCO[C@H]1CCCCO1)=C(\C)[Si](C)(C)C. The number of hydrogen-bond acceptors (Lipinski definition) is 2. The Kier molecular flexibility index (Phi) is 5.90. The molecule has 0 unspecified atom stereocenters. The molecule has 0 bridgehead atoms. The molecule has 0 aliphatic carbocycles. The van der Waals surface area contributed by atoms with Crippen LogP contribution in [0.3, 0.4) is 0 Å². The van der Waals surface area contributed by atoms with Crippen molar-refractivity contribution in [3.05, 3.63) is 10.8 Å². The van der Waals surface area contributed by atoms with Gasteiger partial charge in [-0.15, -0.1) is 0 Å². The van der Waals surface area contributed by atoms with E-state index in [2.05, 4.69) is 33.5 Å². The average molecular weight is 256 g/mol. The maximum atomic E-state index is 5.78. The highest BCUT2D eigenvalue weighted by Crippen LogP contribution is 2.20. The lowest BCUT2D eigenvalue weighted by Crippen LogP contribution is -2.25. The van der Waals surface area contributed by atoms with Gasteiger partial charge in [0.2, 0.25) is 0 Å². The third kappa shape index (κ3) is 5.36. The highest BCUT2D eigenvalue weighted by molar-refractivity contribution is 6.83. The summed E-state index contributed by atoms with van der Waals surface area (Å²) in [6.45, 7) is 13.4. The molecule has 1 rings (SSSR count). The molecule has 1 saturated heterocycles. The van der Waals surface area contributed by atoms with Crippen LogP contribution < -0.4 is 0 Å². The van der Waals surface area contributed by atoms with Crippen LogP contribution in [0.1, 0.15) is 39.5 Å². The van der Waals surface area contributed by atoms with Gasteiger partial charge < -0.3 is 9.47 Å². The molecule has 3 heteroatoms. The van der Waals surface area contributed by atoms with E-state index >= 15 is 0 Å². The van der Waals surface area contributed by atoms with Crippen LogP contribution in [0.15, 0.2) is 10.8 Å². The largest absolute Gasteiger partial charge is 0.353 e. The van der Waals surface area contributed by atoms with Crippen LogP contribution in [-0.2, 0) is 9.47 Å². The summed E-state index contributed by atoms with van der Waals surface area (Å²) in [5, 5.41) is 1.62. The second-order valence-corrected chi connectivity index (χ2v) is 11.3. The van der Waals surface area contributed by atoms with Crippen LogP contribution in [0.5, 0.6) is 0 Å². The van der Waals surface area contributed by atoms with Crippen LogP contribution in [-0.4, -0.2) is 27.6 Å². The summed E-state index contributed by atoms with van der Waals surface area (Å²) in [7, 11) is -1.12. The van der Waals surface area contributed by atoms with Crippen molar-refractivity contribution in [1.82, 2.24) is 0 Å². The Morgan fingerprint density at radius 1 is 1.24 bits per heavy atom. The molecule has 0 aromatic carbocycles. The van der Waals surface area contributed by atoms with Gasteiger partial charge in [0.1, 0.15) is 0 Å². The van der Waals surface area contributed by atoms with Crippen molar-refractivity contribution in [3.63, 3.8) is 0 Å². The molecule has 17 heavy (non-hydrogen) atoms. The van der Waals surface area contributed by atoms with Crippen LogP contribution in [0.25, 0.3) is 0 Å². The molecule has 0 aromatic rings. The fourth-order valence-corrected chi connectivity index (χ4v) is 3.42. The minimum Gasteiger partial charge on any atom is -0.353 e. The summed E-state index contributed by atoms with van der Waals surface area (Å²) in [5.74, 6) is 0. The summed E-state index contributed by atoms with van der Waals surface area (Å²) in [5.41, 5.74) is 1.51. The molecular weight excluding hydrogens is 228 g/mol. The first-order valence-electron chi connectivity index (χ1n) is 6.81. The molecule has 0 N–H and O–H groups in total. The smallest absolute Gasteiger partial charge is 0.157 e. The minimum atomic E-state index is -1.12. The van der Waals surface area contributed by atoms with Gasteiger partial charge in [-0.2, -0.15) is 0 Å². The van der Waals surface area contributed by atoms with E-state index in [9.17, 15) is 0 Å². The summed E-state index contributed by atoms with van der Waals surface area (Å²) in [6.07, 6.45) is 4.61. The first-order valence-corrected chi connectivity index (χ1v) is 10.3. The highest BCUT2D eigenvalue weighted by Gasteiger charge is 2.18. The van der Waals surface area contributed by atoms with E-state index in [1.54, 1.807) is 5.20 Å². The topological polar surface area (TPSA) is 18.5 Å². The zero-order valence-electron chi connectivity index (χ0n) is 12.1. The van der Waals surface area contributed by atoms with Gasteiger partial charge in [-0.25, -0.2) is 0 Å². The average Bonchev–Trinajstić information content (AvgIpc) is 2.28. The van der Waals surface area contributed by atoms with Gasteiger partial charge in [0, 0.05) is 6.61 Å². The summed E-state index contributed by atoms with van der Waals surface area (Å²) in [4.78, 5) is 0. The Bertz CT molecular complexity index is 260. The van der Waals surface area contributed by atoms with E-state index in [-0.39, 0.29) is 6.29 Å². The molecule has 1 atom stereocenters. The lowest BCUT2D eigenvalue weighted by molar-refractivity contribution is -0.161. The van der Waals surface area contributed by atoms with Gasteiger partial charge in [-0.05, 0) is 39.5 Å². The number of rotatable bonds is 5. The quantitative estimate of drug-likeness (QED) is 0.689. The number of ether oxygens (including phenoxy) is 2. The van der Waals surface area contributed by atoms with E-state index in [1.807, 2.05) is 0 Å². The Morgan fingerprint density at radius 3 is 2.47 bits per heavy atom. The molecule has 1 fully saturated rings. The molecule has 0 radical (unpaired) electrons. The molecule has 1 heterocycles. The van der Waals surface area contributed by atoms with Crippen molar-refractivity contribution in [3.8, 4) is 0 Å². The highest BCUT2D eigenvalue weighted by atomic mass is 28.3. The molecule has 0 aromatic heterocycles. The summed E-state index contributed by atoms with van der Waals surface area (Å²) >= 11 is 0. The standard InChI is InChI=1S/C14H28O2Si/c1-12(13(2)17(3,4)5)9-11-16-14-8-6-7-10-15-14/h14H,6-11H2,1-5H3/b13-12-/t14-/m0/s1. The normalized spacial score (nSPS) is 23.5. The second kappa shape index (κ2) is 6.71. The molecule has 0 spiro atoms. The van der Waals surface area contributed by atoms with Gasteiger partial charge in [-0.3, -0.25) is 0 Å². The number of allylic oxidation sites excluding steroid dienone is 1. The van der Waals surface area contributed by atoms with E-state index in [0.29, 0.717) is 0 Å². The molecule has 0 amide bonds. The molecule has 100 valence electrons. The maximum Gasteiger partial charge on any atom is 0.157 e. The van der Waals surface area contributed by atoms with E-state index in [4.69, 9.17) is 9.47 Å². The molecular formula is C14H28O2Si. The predicted octanol–water partition coefficient (Wildman–Crippen LogP) is 4.13. The van der Waals surface area contributed by atoms with Gasteiger partial charge in [0.15, 0.2) is 6.29 Å². The van der Waals surface area contributed by atoms with Crippen molar-refractivity contribution < 1.29 is 9.47 Å². The fraction of sp³-hybridized carbons (Fsp3) is 0.857. The Hall–Kier alpha value is -0.123. The lowest BCUT2D eigenvalue weighted by atomic mass is 10.2. The van der Waals surface area contributed by atoms with Gasteiger partial charge in [-0.1, -0.05) is 30.4 Å². The van der Waals surface area contributed by atoms with E-state index in [1.165, 1.54) is 18.4 Å². The number of hydrogen-bond donors (Lipinski definition) is 0. The van der Waals surface area contributed by atoms with Crippen molar-refractivity contribution in [2.24, 2.45) is 0 Å². The van der Waals surface area contributed by atoms with E-state index in [0.717, 1.165) is 26.1 Å². The fourth-order valence-electron chi connectivity index (χ4n) is 2.01. The Morgan fingerprint density at radius 2 is 1.94 bits per heavy atom. The monoisotopic (exact) mass is 256 g/mol. The Labute approximate surface area is 107 Å². The van der Waals surface area contributed by atoms with E-state index < -0.39 is 8.07 Å². The van der Waals surface area contributed by atoms with Gasteiger partial charge >= 0.3 is 0 Å². The summed E-state index contributed by atoms with van der Waals surface area (Å²) in [6, 6.07) is 0. The lowest BCUT2D eigenvalue weighted by Gasteiger charge is -2.24. The van der Waals surface area contributed by atoms with Crippen molar-refractivity contribution in [2.45, 2.75) is 65.5 Å².